The summed E-state index contributed by atoms with van der Waals surface area (Å²) < 4.78 is 27.8. The fraction of sp³-hybridized carbons (Fsp3) is 0.857. The van der Waals surface area contributed by atoms with Crippen LogP contribution in [0.25, 0.3) is 0 Å². The van der Waals surface area contributed by atoms with Crippen LogP contribution in [0.4, 0.5) is 0 Å². The summed E-state index contributed by atoms with van der Waals surface area (Å²) in [5.74, 6) is -0.717. The van der Waals surface area contributed by atoms with Crippen molar-refractivity contribution in [1.29, 1.82) is 0 Å². The number of carbonyl (C=O) groups excluding carboxylic acids is 1. The van der Waals surface area contributed by atoms with Crippen molar-refractivity contribution < 1.29 is 17.4 Å². The van der Waals surface area contributed by atoms with Gasteiger partial charge in [-0.3, -0.25) is 4.79 Å². The lowest BCUT2D eigenvalue weighted by Crippen LogP contribution is -2.43. The predicted octanol–water partition coefficient (Wildman–Crippen LogP) is 5.59. The highest BCUT2D eigenvalue weighted by Gasteiger charge is 2.33. The highest BCUT2D eigenvalue weighted by Crippen LogP contribution is 2.14. The van der Waals surface area contributed by atoms with Crippen LogP contribution in [0.2, 0.25) is 0 Å². The van der Waals surface area contributed by atoms with Crippen LogP contribution >= 0.6 is 0 Å². The number of unbranched alkanes of at least 4 members (excludes halogenated alkanes) is 11. The summed E-state index contributed by atoms with van der Waals surface area (Å²) in [7, 11) is -4.05. The number of nitrogens with two attached hydrogens (primary N) is 1. The smallest absolute Gasteiger partial charge is 0.330 e. The summed E-state index contributed by atoms with van der Waals surface area (Å²) in [5, 5.41) is 0. The Morgan fingerprint density at radius 1 is 0.852 bits per heavy atom. The van der Waals surface area contributed by atoms with Crippen molar-refractivity contribution in [2.45, 2.75) is 116 Å². The van der Waals surface area contributed by atoms with Crippen molar-refractivity contribution >= 4 is 16.1 Å². The van der Waals surface area contributed by atoms with Gasteiger partial charge in [-0.05, 0) is 46.0 Å². The molecule has 5 nitrogen and oxygen atoms in total. The van der Waals surface area contributed by atoms with Gasteiger partial charge < -0.3 is 9.92 Å². The van der Waals surface area contributed by atoms with Gasteiger partial charge in [-0.2, -0.15) is 8.42 Å². The molecule has 0 aromatic carbocycles. The molecule has 0 aromatic rings. The predicted molar refractivity (Wildman–Crippen MR) is 113 cm³/mol. The highest BCUT2D eigenvalue weighted by molar-refractivity contribution is 7.88. The Labute approximate surface area is 167 Å². The average Bonchev–Trinajstić information content (AvgIpc) is 2.57. The maximum atomic E-state index is 11.6. The second kappa shape index (κ2) is 15.1. The van der Waals surface area contributed by atoms with E-state index in [1.54, 1.807) is 0 Å². The largest absolute Gasteiger partial charge is 0.344 e. The van der Waals surface area contributed by atoms with Crippen LogP contribution in [0.1, 0.15) is 111 Å². The molecule has 0 aromatic heterocycles. The molecule has 0 radical (unpaired) electrons. The third kappa shape index (κ3) is 14.8. The van der Waals surface area contributed by atoms with Crippen LogP contribution in [0, 0.1) is 0 Å². The van der Waals surface area contributed by atoms with Gasteiger partial charge >= 0.3 is 16.1 Å². The SMILES string of the molecule is CCCCCCCC/C=C\CCCCCCCC(=O)OS(=O)(=O)C(C)(C)N. The Hall–Kier alpha value is -0.880. The first kappa shape index (κ1) is 26.1. The number of hydrogen-bond acceptors (Lipinski definition) is 5. The molecule has 0 rings (SSSR count). The molecule has 6 heteroatoms. The van der Waals surface area contributed by atoms with Crippen LogP contribution in [-0.2, 0) is 19.1 Å². The zero-order chi connectivity index (χ0) is 20.6. The Kier molecular flexibility index (Phi) is 14.6. The van der Waals surface area contributed by atoms with Crippen LogP contribution in [0.5, 0.6) is 0 Å². The van der Waals surface area contributed by atoms with Gasteiger partial charge in [-0.25, -0.2) is 0 Å². The van der Waals surface area contributed by atoms with Gasteiger partial charge in [0.15, 0.2) is 0 Å². The molecule has 0 saturated carbocycles. The normalized spacial score (nSPS) is 12.6. The second-order valence-corrected chi connectivity index (χ2v) is 9.97. The van der Waals surface area contributed by atoms with Crippen molar-refractivity contribution in [3.05, 3.63) is 12.2 Å². The average molecular weight is 404 g/mol. The van der Waals surface area contributed by atoms with Crippen molar-refractivity contribution in [3.8, 4) is 0 Å². The van der Waals surface area contributed by atoms with Crippen LogP contribution in [-0.4, -0.2) is 19.3 Å². The molecule has 0 spiro atoms. The molecule has 0 aliphatic heterocycles. The molecule has 0 bridgehead atoms. The molecule has 160 valence electrons. The Morgan fingerprint density at radius 3 is 1.78 bits per heavy atom. The van der Waals surface area contributed by atoms with Gasteiger partial charge in [-0.15, -0.1) is 0 Å². The van der Waals surface area contributed by atoms with Gasteiger partial charge in [0, 0.05) is 6.42 Å². The molecule has 0 aliphatic rings. The van der Waals surface area contributed by atoms with Gasteiger partial charge in [-0.1, -0.05) is 70.4 Å². The Morgan fingerprint density at radius 2 is 1.30 bits per heavy atom. The molecule has 0 saturated heterocycles. The first-order valence-corrected chi connectivity index (χ1v) is 12.0. The van der Waals surface area contributed by atoms with Crippen LogP contribution < -0.4 is 5.73 Å². The van der Waals surface area contributed by atoms with E-state index in [9.17, 15) is 13.2 Å². The quantitative estimate of drug-likeness (QED) is 0.194. The minimum atomic E-state index is -4.05. The first-order chi connectivity index (χ1) is 12.7. The van der Waals surface area contributed by atoms with Crippen molar-refractivity contribution in [2.24, 2.45) is 5.73 Å². The number of rotatable bonds is 17. The van der Waals surface area contributed by atoms with Gasteiger partial charge in [0.05, 0.1) is 0 Å². The number of allylic oxidation sites excluding steroid dienone is 2. The van der Waals surface area contributed by atoms with Crippen LogP contribution in [0.15, 0.2) is 12.2 Å². The van der Waals surface area contributed by atoms with E-state index < -0.39 is 21.0 Å². The lowest BCUT2D eigenvalue weighted by atomic mass is 10.1. The van der Waals surface area contributed by atoms with E-state index in [0.717, 1.165) is 32.1 Å². The summed E-state index contributed by atoms with van der Waals surface area (Å²) in [4.78, 5) is 10.0. The fourth-order valence-electron chi connectivity index (χ4n) is 2.61. The Bertz CT molecular complexity index is 507. The summed E-state index contributed by atoms with van der Waals surface area (Å²) in [6.45, 7) is 4.85. The van der Waals surface area contributed by atoms with Crippen molar-refractivity contribution in [3.63, 3.8) is 0 Å². The summed E-state index contributed by atoms with van der Waals surface area (Å²) in [6.07, 6.45) is 19.9. The van der Waals surface area contributed by atoms with E-state index in [-0.39, 0.29) is 6.42 Å². The molecule has 0 atom stereocenters. The van der Waals surface area contributed by atoms with E-state index in [2.05, 4.69) is 23.3 Å². The standard InChI is InChI=1S/C21H41NO4S/c1-4-5-6-7-8-9-10-11-12-13-14-15-16-17-18-19-20(23)26-27(24,25)21(2,3)22/h11-12H,4-10,13-19,22H2,1-3H3/b12-11-. The maximum Gasteiger partial charge on any atom is 0.330 e. The highest BCUT2D eigenvalue weighted by atomic mass is 32.2. The zero-order valence-corrected chi connectivity index (χ0v) is 18.5. The third-order valence-corrected chi connectivity index (χ3v) is 6.18. The molecule has 0 heterocycles. The number of carbonyl (C=O) groups is 1. The maximum absolute atomic E-state index is 11.6. The molecule has 0 unspecified atom stereocenters. The lowest BCUT2D eigenvalue weighted by Gasteiger charge is -2.17. The molecule has 27 heavy (non-hydrogen) atoms. The fourth-order valence-corrected chi connectivity index (χ4v) is 3.15. The van der Waals surface area contributed by atoms with Crippen LogP contribution in [0.3, 0.4) is 0 Å². The molecular weight excluding hydrogens is 362 g/mol. The number of hydrogen-bond donors (Lipinski definition) is 1. The van der Waals surface area contributed by atoms with E-state index >= 15 is 0 Å². The summed E-state index contributed by atoms with van der Waals surface area (Å²) in [6, 6.07) is 0. The molecule has 2 N–H and O–H groups in total. The van der Waals surface area contributed by atoms with Crippen molar-refractivity contribution in [1.82, 2.24) is 0 Å². The van der Waals surface area contributed by atoms with E-state index in [0.29, 0.717) is 6.42 Å². The third-order valence-electron chi connectivity index (χ3n) is 4.49. The first-order valence-electron chi connectivity index (χ1n) is 10.6. The van der Waals surface area contributed by atoms with E-state index in [1.807, 2.05) is 0 Å². The lowest BCUT2D eigenvalue weighted by molar-refractivity contribution is -0.134. The minimum Gasteiger partial charge on any atom is -0.344 e. The van der Waals surface area contributed by atoms with E-state index in [1.165, 1.54) is 58.8 Å². The zero-order valence-electron chi connectivity index (χ0n) is 17.7. The second-order valence-electron chi connectivity index (χ2n) is 7.85. The Balaban J connectivity index is 3.50. The molecule has 0 fully saturated rings. The van der Waals surface area contributed by atoms with Gasteiger partial charge in [0.25, 0.3) is 0 Å². The van der Waals surface area contributed by atoms with Crippen molar-refractivity contribution in [2.75, 3.05) is 0 Å². The summed E-state index contributed by atoms with van der Waals surface area (Å²) >= 11 is 0. The summed E-state index contributed by atoms with van der Waals surface area (Å²) in [5.41, 5.74) is 5.48. The molecular formula is C21H41NO4S. The van der Waals surface area contributed by atoms with Gasteiger partial charge in [0.1, 0.15) is 4.87 Å². The topological polar surface area (TPSA) is 86.5 Å². The minimum absolute atomic E-state index is 0.119. The molecule has 0 aliphatic carbocycles. The monoisotopic (exact) mass is 403 g/mol. The van der Waals surface area contributed by atoms with E-state index in [4.69, 9.17) is 5.73 Å². The van der Waals surface area contributed by atoms with Gasteiger partial charge in [0.2, 0.25) is 0 Å². The molecule has 0 amide bonds.